The summed E-state index contributed by atoms with van der Waals surface area (Å²) < 4.78 is 11.5. The highest BCUT2D eigenvalue weighted by molar-refractivity contribution is 6.30. The van der Waals surface area contributed by atoms with Crippen molar-refractivity contribution in [2.24, 2.45) is 0 Å². The van der Waals surface area contributed by atoms with Crippen LogP contribution in [0.2, 0.25) is 5.02 Å². The van der Waals surface area contributed by atoms with Crippen LogP contribution in [0.3, 0.4) is 0 Å². The van der Waals surface area contributed by atoms with Gasteiger partial charge in [0, 0.05) is 26.0 Å². The van der Waals surface area contributed by atoms with Crippen LogP contribution in [0.15, 0.2) is 12.3 Å². The Balaban J connectivity index is 1.82. The number of hydrogen-bond acceptors (Lipinski definition) is 4. The molecule has 2 saturated heterocycles. The van der Waals surface area contributed by atoms with Crippen molar-refractivity contribution in [1.82, 2.24) is 4.98 Å². The Morgan fingerprint density at radius 2 is 2.11 bits per heavy atom. The van der Waals surface area contributed by atoms with Crippen molar-refractivity contribution in [3.8, 4) is 0 Å². The summed E-state index contributed by atoms with van der Waals surface area (Å²) >= 11 is 6.04. The zero-order chi connectivity index (χ0) is 13.3. The lowest BCUT2D eigenvalue weighted by molar-refractivity contribution is -0.138. The lowest BCUT2D eigenvalue weighted by Gasteiger charge is -2.43. The maximum atomic E-state index is 6.05. The first-order chi connectivity index (χ1) is 9.19. The van der Waals surface area contributed by atoms with Gasteiger partial charge in [-0.15, -0.1) is 0 Å². The van der Waals surface area contributed by atoms with E-state index in [1.807, 2.05) is 6.07 Å². The summed E-state index contributed by atoms with van der Waals surface area (Å²) in [6.07, 6.45) is 5.51. The Labute approximate surface area is 118 Å². The van der Waals surface area contributed by atoms with E-state index < -0.39 is 0 Å². The second-order valence-corrected chi connectivity index (χ2v) is 5.90. The van der Waals surface area contributed by atoms with Crippen molar-refractivity contribution < 1.29 is 9.47 Å². The summed E-state index contributed by atoms with van der Waals surface area (Å²) in [5, 5.41) is 0.650. The fraction of sp³-hybridized carbons (Fsp3) is 0.643. The molecule has 1 unspecified atom stereocenters. The Morgan fingerprint density at radius 3 is 2.89 bits per heavy atom. The number of rotatable bonds is 1. The number of nitrogens with zero attached hydrogens (tertiary/aromatic N) is 1. The molecule has 104 valence electrons. The molecular weight excluding hydrogens is 264 g/mol. The highest BCUT2D eigenvalue weighted by Gasteiger charge is 2.39. The van der Waals surface area contributed by atoms with Crippen LogP contribution in [0.25, 0.3) is 0 Å². The Bertz CT molecular complexity index is 455. The molecule has 2 aliphatic heterocycles. The molecule has 19 heavy (non-hydrogen) atoms. The fourth-order valence-electron chi connectivity index (χ4n) is 3.18. The molecule has 1 aromatic rings. The number of pyridine rings is 1. The molecule has 0 aliphatic carbocycles. The summed E-state index contributed by atoms with van der Waals surface area (Å²) in [5.41, 5.74) is 7.04. The summed E-state index contributed by atoms with van der Waals surface area (Å²) in [6.45, 7) is 2.35. The Hall–Kier alpha value is -0.840. The molecular formula is C14H19ClN2O2. The van der Waals surface area contributed by atoms with Gasteiger partial charge in [-0.05, 0) is 43.2 Å². The third kappa shape index (κ3) is 2.71. The van der Waals surface area contributed by atoms with Crippen molar-refractivity contribution in [2.75, 3.05) is 25.6 Å². The highest BCUT2D eigenvalue weighted by atomic mass is 35.5. The average Bonchev–Trinajstić information content (AvgIpc) is 2.42. The van der Waals surface area contributed by atoms with Crippen LogP contribution in [0.1, 0.15) is 37.2 Å². The minimum atomic E-state index is -0.0318. The molecule has 4 nitrogen and oxygen atoms in total. The summed E-state index contributed by atoms with van der Waals surface area (Å²) in [7, 11) is 0. The number of anilines is 1. The molecule has 0 bridgehead atoms. The van der Waals surface area contributed by atoms with E-state index in [2.05, 4.69) is 4.98 Å². The maximum absolute atomic E-state index is 6.05. The van der Waals surface area contributed by atoms with Crippen molar-refractivity contribution >= 4 is 17.4 Å². The minimum absolute atomic E-state index is 0.0318. The van der Waals surface area contributed by atoms with Gasteiger partial charge in [-0.1, -0.05) is 11.6 Å². The topological polar surface area (TPSA) is 57.4 Å². The third-order valence-corrected chi connectivity index (χ3v) is 4.46. The minimum Gasteiger partial charge on any atom is -0.383 e. The van der Waals surface area contributed by atoms with Gasteiger partial charge >= 0.3 is 0 Å². The molecule has 2 fully saturated rings. The van der Waals surface area contributed by atoms with Crippen LogP contribution in [-0.4, -0.2) is 30.4 Å². The van der Waals surface area contributed by atoms with E-state index in [1.165, 1.54) is 0 Å². The zero-order valence-corrected chi connectivity index (χ0v) is 11.7. The van der Waals surface area contributed by atoms with Crippen LogP contribution in [0, 0.1) is 0 Å². The second kappa shape index (κ2) is 5.27. The van der Waals surface area contributed by atoms with Crippen molar-refractivity contribution in [2.45, 2.75) is 37.2 Å². The molecule has 5 heteroatoms. The van der Waals surface area contributed by atoms with Crippen molar-refractivity contribution in [1.29, 1.82) is 0 Å². The quantitative estimate of drug-likeness (QED) is 0.860. The normalized spacial score (nSPS) is 26.5. The van der Waals surface area contributed by atoms with E-state index >= 15 is 0 Å². The van der Waals surface area contributed by atoms with E-state index in [9.17, 15) is 0 Å². The number of aromatic nitrogens is 1. The second-order valence-electron chi connectivity index (χ2n) is 5.46. The van der Waals surface area contributed by atoms with Gasteiger partial charge in [-0.25, -0.2) is 4.98 Å². The van der Waals surface area contributed by atoms with Gasteiger partial charge in [0.25, 0.3) is 0 Å². The molecule has 2 N–H and O–H groups in total. The molecule has 1 atom stereocenters. The largest absolute Gasteiger partial charge is 0.383 e. The number of hydrogen-bond donors (Lipinski definition) is 1. The molecule has 2 aliphatic rings. The molecule has 1 spiro atoms. The molecule has 0 radical (unpaired) electrons. The number of nitrogens with two attached hydrogens (primary N) is 1. The van der Waals surface area contributed by atoms with Crippen molar-refractivity contribution in [3.63, 3.8) is 0 Å². The lowest BCUT2D eigenvalue weighted by Crippen LogP contribution is -2.43. The average molecular weight is 283 g/mol. The van der Waals surface area contributed by atoms with Gasteiger partial charge in [-0.2, -0.15) is 0 Å². The highest BCUT2D eigenvalue weighted by Crippen LogP contribution is 2.42. The molecule has 3 rings (SSSR count). The van der Waals surface area contributed by atoms with Crippen LogP contribution in [-0.2, 0) is 9.47 Å². The first-order valence-electron chi connectivity index (χ1n) is 6.81. The monoisotopic (exact) mass is 282 g/mol. The molecule has 0 aromatic carbocycles. The van der Waals surface area contributed by atoms with Crippen LogP contribution in [0.5, 0.6) is 0 Å². The Morgan fingerprint density at radius 1 is 1.32 bits per heavy atom. The predicted octanol–water partition coefficient (Wildman–Crippen LogP) is 2.76. The first-order valence-corrected chi connectivity index (χ1v) is 7.19. The predicted molar refractivity (Wildman–Crippen MR) is 74.4 cm³/mol. The van der Waals surface area contributed by atoms with Crippen LogP contribution >= 0.6 is 11.6 Å². The summed E-state index contributed by atoms with van der Waals surface area (Å²) in [4.78, 5) is 4.17. The molecule has 3 heterocycles. The van der Waals surface area contributed by atoms with Gasteiger partial charge in [0.2, 0.25) is 0 Å². The van der Waals surface area contributed by atoms with Gasteiger partial charge in [0.05, 0.1) is 10.6 Å². The third-order valence-electron chi connectivity index (χ3n) is 4.25. The van der Waals surface area contributed by atoms with E-state index in [0.29, 0.717) is 16.8 Å². The Kier molecular flexibility index (Phi) is 3.65. The molecule has 0 saturated carbocycles. The van der Waals surface area contributed by atoms with Gasteiger partial charge in [0.15, 0.2) is 0 Å². The van der Waals surface area contributed by atoms with Crippen molar-refractivity contribution in [3.05, 3.63) is 22.8 Å². The van der Waals surface area contributed by atoms with Gasteiger partial charge < -0.3 is 15.2 Å². The van der Waals surface area contributed by atoms with E-state index in [0.717, 1.165) is 51.1 Å². The summed E-state index contributed by atoms with van der Waals surface area (Å²) in [5.74, 6) is 0.983. The number of halogens is 1. The summed E-state index contributed by atoms with van der Waals surface area (Å²) in [6, 6.07) is 1.95. The van der Waals surface area contributed by atoms with E-state index in [1.54, 1.807) is 6.20 Å². The van der Waals surface area contributed by atoms with Gasteiger partial charge in [-0.3, -0.25) is 0 Å². The SMILES string of the molecule is Nc1ncc(Cl)cc1C1CCOC2(CCOCC2)C1. The molecule has 1 aromatic heterocycles. The first kappa shape index (κ1) is 13.2. The number of ether oxygens (including phenoxy) is 2. The molecule has 0 amide bonds. The van der Waals surface area contributed by atoms with Crippen LogP contribution < -0.4 is 5.73 Å². The smallest absolute Gasteiger partial charge is 0.126 e. The van der Waals surface area contributed by atoms with Gasteiger partial charge in [0.1, 0.15) is 5.82 Å². The standard InChI is InChI=1S/C14H19ClN2O2/c15-11-7-12(13(16)17-9-11)10-1-4-19-14(8-10)2-5-18-6-3-14/h7,9-10H,1-6,8H2,(H2,16,17). The zero-order valence-electron chi connectivity index (χ0n) is 10.9. The number of nitrogen functional groups attached to an aromatic ring is 1. The fourth-order valence-corrected chi connectivity index (χ4v) is 3.34. The maximum Gasteiger partial charge on any atom is 0.126 e. The lowest BCUT2D eigenvalue weighted by atomic mass is 9.78. The van der Waals surface area contributed by atoms with E-state index in [-0.39, 0.29) is 5.60 Å². The van der Waals surface area contributed by atoms with Crippen LogP contribution in [0.4, 0.5) is 5.82 Å². The van der Waals surface area contributed by atoms with E-state index in [4.69, 9.17) is 26.8 Å².